The van der Waals surface area contributed by atoms with E-state index in [1.165, 1.54) is 0 Å². The minimum atomic E-state index is -0.707. The van der Waals surface area contributed by atoms with Crippen molar-refractivity contribution in [2.24, 2.45) is 0 Å². The molecule has 0 rings (SSSR count). The van der Waals surface area contributed by atoms with E-state index in [0.29, 0.717) is 12.8 Å². The van der Waals surface area contributed by atoms with Crippen molar-refractivity contribution in [3.05, 3.63) is 36.5 Å². The first-order valence-electron chi connectivity index (χ1n) is 10.1. The molecule has 0 spiro atoms. The van der Waals surface area contributed by atoms with E-state index in [0.717, 1.165) is 57.8 Å². The predicted octanol–water partition coefficient (Wildman–Crippen LogP) is 5.16. The monoisotopic (exact) mass is 366 g/mol. The number of hydrogen-bond donors (Lipinski definition) is 3. The highest BCUT2D eigenvalue weighted by Crippen LogP contribution is 2.10. The minimum Gasteiger partial charge on any atom is -0.481 e. The van der Waals surface area contributed by atoms with Gasteiger partial charge in [0, 0.05) is 6.42 Å². The molecule has 0 fully saturated rings. The molecule has 4 nitrogen and oxygen atoms in total. The summed E-state index contributed by atoms with van der Waals surface area (Å²) < 4.78 is 0. The van der Waals surface area contributed by atoms with Gasteiger partial charge in [-0.05, 0) is 38.5 Å². The lowest BCUT2D eigenvalue weighted by molar-refractivity contribution is -0.137. The zero-order chi connectivity index (χ0) is 19.5. The predicted molar refractivity (Wildman–Crippen MR) is 108 cm³/mol. The van der Waals surface area contributed by atoms with Crippen LogP contribution in [0.3, 0.4) is 0 Å². The number of carboxylic acid groups (broad SMARTS) is 1. The van der Waals surface area contributed by atoms with E-state index >= 15 is 0 Å². The third-order valence-electron chi connectivity index (χ3n) is 4.26. The van der Waals surface area contributed by atoms with E-state index in [1.54, 1.807) is 0 Å². The van der Waals surface area contributed by atoms with E-state index in [1.807, 2.05) is 24.3 Å². The molecule has 26 heavy (non-hydrogen) atoms. The summed E-state index contributed by atoms with van der Waals surface area (Å²) in [5.41, 5.74) is 0. The van der Waals surface area contributed by atoms with Crippen LogP contribution in [0.25, 0.3) is 0 Å². The molecule has 0 bridgehead atoms. The van der Waals surface area contributed by atoms with Crippen LogP contribution >= 0.6 is 0 Å². The molecular weight excluding hydrogens is 328 g/mol. The molecule has 4 heteroatoms. The average Bonchev–Trinajstić information content (AvgIpc) is 2.61. The normalized spacial score (nSPS) is 14.6. The number of rotatable bonds is 17. The van der Waals surface area contributed by atoms with Gasteiger partial charge in [0.25, 0.3) is 0 Å². The fourth-order valence-corrected chi connectivity index (χ4v) is 2.59. The third kappa shape index (κ3) is 17.4. The SMILES string of the molecule is CCCCCC(O)C(O)C/C=C\C/C=C\C=C\CCCCCCC(=O)O. The number of carboxylic acids is 1. The van der Waals surface area contributed by atoms with Crippen LogP contribution in [-0.2, 0) is 4.79 Å². The van der Waals surface area contributed by atoms with Gasteiger partial charge in [0.1, 0.15) is 0 Å². The summed E-state index contributed by atoms with van der Waals surface area (Å²) in [6.45, 7) is 2.12. The smallest absolute Gasteiger partial charge is 0.303 e. The zero-order valence-corrected chi connectivity index (χ0v) is 16.4. The van der Waals surface area contributed by atoms with Crippen LogP contribution < -0.4 is 0 Å². The fourth-order valence-electron chi connectivity index (χ4n) is 2.59. The lowest BCUT2D eigenvalue weighted by Crippen LogP contribution is -2.25. The largest absolute Gasteiger partial charge is 0.481 e. The molecule has 0 aromatic rings. The van der Waals surface area contributed by atoms with Gasteiger partial charge in [0.05, 0.1) is 12.2 Å². The Hall–Kier alpha value is -1.39. The van der Waals surface area contributed by atoms with E-state index < -0.39 is 18.2 Å². The number of aliphatic carboxylic acids is 1. The first-order chi connectivity index (χ1) is 12.6. The Morgan fingerprint density at radius 2 is 1.58 bits per heavy atom. The number of aliphatic hydroxyl groups excluding tert-OH is 2. The molecule has 0 aromatic heterocycles. The summed E-state index contributed by atoms with van der Waals surface area (Å²) in [4.78, 5) is 10.4. The van der Waals surface area contributed by atoms with Crippen LogP contribution in [0.4, 0.5) is 0 Å². The van der Waals surface area contributed by atoms with Crippen LogP contribution in [0.5, 0.6) is 0 Å². The minimum absolute atomic E-state index is 0.279. The summed E-state index contributed by atoms with van der Waals surface area (Å²) in [5.74, 6) is -0.707. The lowest BCUT2D eigenvalue weighted by Gasteiger charge is -2.15. The summed E-state index contributed by atoms with van der Waals surface area (Å²) in [6, 6.07) is 0. The van der Waals surface area contributed by atoms with Crippen molar-refractivity contribution < 1.29 is 20.1 Å². The summed E-state index contributed by atoms with van der Waals surface area (Å²) in [5, 5.41) is 28.2. The van der Waals surface area contributed by atoms with Gasteiger partial charge in [-0.15, -0.1) is 0 Å². The van der Waals surface area contributed by atoms with Crippen molar-refractivity contribution in [3.8, 4) is 0 Å². The van der Waals surface area contributed by atoms with Gasteiger partial charge < -0.3 is 15.3 Å². The van der Waals surface area contributed by atoms with Crippen molar-refractivity contribution in [1.82, 2.24) is 0 Å². The van der Waals surface area contributed by atoms with E-state index in [2.05, 4.69) is 19.1 Å². The lowest BCUT2D eigenvalue weighted by atomic mass is 10.0. The second kappa shape index (κ2) is 18.4. The Balaban J connectivity index is 3.58. The maximum atomic E-state index is 10.4. The molecule has 3 N–H and O–H groups in total. The van der Waals surface area contributed by atoms with Crippen LogP contribution in [0.1, 0.15) is 84.0 Å². The van der Waals surface area contributed by atoms with Crippen LogP contribution in [0.2, 0.25) is 0 Å². The van der Waals surface area contributed by atoms with Crippen molar-refractivity contribution in [3.63, 3.8) is 0 Å². The molecule has 2 unspecified atom stereocenters. The molecule has 2 atom stereocenters. The second-order valence-corrected chi connectivity index (χ2v) is 6.78. The second-order valence-electron chi connectivity index (χ2n) is 6.78. The molecule has 0 aliphatic carbocycles. The number of allylic oxidation sites excluding steroid dienone is 5. The highest BCUT2D eigenvalue weighted by Gasteiger charge is 2.13. The topological polar surface area (TPSA) is 77.8 Å². The van der Waals surface area contributed by atoms with Crippen molar-refractivity contribution >= 4 is 5.97 Å². The molecule has 0 aliphatic rings. The van der Waals surface area contributed by atoms with Crippen LogP contribution in [-0.4, -0.2) is 33.5 Å². The number of carbonyl (C=O) groups is 1. The van der Waals surface area contributed by atoms with Gasteiger partial charge >= 0.3 is 5.97 Å². The number of aliphatic hydroxyl groups is 2. The van der Waals surface area contributed by atoms with Gasteiger partial charge in [0.2, 0.25) is 0 Å². The molecule has 0 heterocycles. The zero-order valence-electron chi connectivity index (χ0n) is 16.4. The quantitative estimate of drug-likeness (QED) is 0.189. The van der Waals surface area contributed by atoms with Gasteiger partial charge in [-0.25, -0.2) is 0 Å². The van der Waals surface area contributed by atoms with E-state index in [9.17, 15) is 15.0 Å². The Morgan fingerprint density at radius 1 is 0.846 bits per heavy atom. The van der Waals surface area contributed by atoms with Gasteiger partial charge in [-0.3, -0.25) is 4.79 Å². The average molecular weight is 367 g/mol. The van der Waals surface area contributed by atoms with Crippen molar-refractivity contribution in [2.45, 2.75) is 96.2 Å². The fraction of sp³-hybridized carbons (Fsp3) is 0.682. The van der Waals surface area contributed by atoms with E-state index in [-0.39, 0.29) is 6.42 Å². The van der Waals surface area contributed by atoms with Gasteiger partial charge in [0.15, 0.2) is 0 Å². The third-order valence-corrected chi connectivity index (χ3v) is 4.26. The van der Waals surface area contributed by atoms with Crippen molar-refractivity contribution in [1.29, 1.82) is 0 Å². The molecule has 0 aliphatic heterocycles. The first-order valence-corrected chi connectivity index (χ1v) is 10.1. The standard InChI is InChI=1S/C22H38O4/c1-2-3-14-17-20(23)21(24)18-15-12-10-8-6-4-5-7-9-11-13-16-19-22(25)26/h4-6,8,12,15,20-21,23-24H,2-3,7,9-11,13-14,16-19H2,1H3,(H,25,26)/b5-4+,8-6-,15-12-. The molecule has 0 aromatic carbocycles. The Labute approximate surface area is 159 Å². The Morgan fingerprint density at radius 3 is 2.31 bits per heavy atom. The summed E-state index contributed by atoms with van der Waals surface area (Å²) >= 11 is 0. The highest BCUT2D eigenvalue weighted by molar-refractivity contribution is 5.66. The number of unbranched alkanes of at least 4 members (excludes halogenated alkanes) is 6. The van der Waals surface area contributed by atoms with Gasteiger partial charge in [-0.1, -0.05) is 75.5 Å². The highest BCUT2D eigenvalue weighted by atomic mass is 16.4. The van der Waals surface area contributed by atoms with Gasteiger partial charge in [-0.2, -0.15) is 0 Å². The first kappa shape index (κ1) is 24.6. The summed E-state index contributed by atoms with van der Waals surface area (Å²) in [6.07, 6.45) is 21.3. The maximum absolute atomic E-state index is 10.4. The summed E-state index contributed by atoms with van der Waals surface area (Å²) in [7, 11) is 0. The molecule has 0 saturated heterocycles. The van der Waals surface area contributed by atoms with Crippen LogP contribution in [0.15, 0.2) is 36.5 Å². The Bertz CT molecular complexity index is 412. The molecule has 150 valence electrons. The molecule has 0 amide bonds. The maximum Gasteiger partial charge on any atom is 0.303 e. The van der Waals surface area contributed by atoms with E-state index in [4.69, 9.17) is 5.11 Å². The molecule has 0 radical (unpaired) electrons. The number of hydrogen-bond acceptors (Lipinski definition) is 3. The molecule has 0 saturated carbocycles. The molecular formula is C22H38O4. The van der Waals surface area contributed by atoms with Crippen molar-refractivity contribution in [2.75, 3.05) is 0 Å². The Kier molecular flexibility index (Phi) is 17.4. The van der Waals surface area contributed by atoms with Crippen LogP contribution in [0, 0.1) is 0 Å².